The first kappa shape index (κ1) is 15.9. The Morgan fingerprint density at radius 2 is 1.90 bits per heavy atom. The Kier molecular flexibility index (Phi) is 4.92. The van der Waals surface area contributed by atoms with Crippen molar-refractivity contribution in [1.29, 1.82) is 0 Å². The maximum Gasteiger partial charge on any atom is 0.261 e. The van der Waals surface area contributed by atoms with Crippen LogP contribution in [0.2, 0.25) is 0 Å². The van der Waals surface area contributed by atoms with Crippen molar-refractivity contribution < 1.29 is 9.53 Å². The summed E-state index contributed by atoms with van der Waals surface area (Å²) >= 11 is 0. The highest BCUT2D eigenvalue weighted by Crippen LogP contribution is 2.26. The summed E-state index contributed by atoms with van der Waals surface area (Å²) in [5.41, 5.74) is 2.58. The van der Waals surface area contributed by atoms with Gasteiger partial charge in [-0.05, 0) is 76.1 Å². The lowest BCUT2D eigenvalue weighted by molar-refractivity contribution is -0.129. The van der Waals surface area contributed by atoms with E-state index in [0.717, 1.165) is 18.6 Å². The van der Waals surface area contributed by atoms with Crippen molar-refractivity contribution in [3.05, 3.63) is 29.3 Å². The smallest absolute Gasteiger partial charge is 0.261 e. The molecule has 1 aromatic rings. The summed E-state index contributed by atoms with van der Waals surface area (Å²) in [4.78, 5) is 12.2. The molecule has 1 aliphatic carbocycles. The largest absolute Gasteiger partial charge is 0.481 e. The molecule has 3 heteroatoms. The summed E-state index contributed by atoms with van der Waals surface area (Å²) in [5.74, 6) is 0.772. The van der Waals surface area contributed by atoms with E-state index in [1.165, 1.54) is 24.0 Å². The van der Waals surface area contributed by atoms with Crippen LogP contribution in [0.4, 0.5) is 0 Å². The number of ether oxygens (including phenoxy) is 1. The average Bonchev–Trinajstić information content (AvgIpc) is 2.42. The first-order valence-electron chi connectivity index (χ1n) is 7.99. The number of rotatable bonds is 4. The third-order valence-electron chi connectivity index (χ3n) is 3.76. The van der Waals surface area contributed by atoms with Crippen LogP contribution in [0.5, 0.6) is 5.75 Å². The standard InChI is InChI=1S/C18H27NO2/c1-5-16(17(20)19-18(2,3)4)21-15-11-10-13-8-6-7-9-14(13)12-15/h10-12,16H,5-9H2,1-4H3,(H,19,20). The maximum atomic E-state index is 12.2. The van der Waals surface area contributed by atoms with Crippen molar-refractivity contribution in [2.75, 3.05) is 0 Å². The molecule has 0 saturated heterocycles. The molecule has 21 heavy (non-hydrogen) atoms. The van der Waals surface area contributed by atoms with Gasteiger partial charge in [0.05, 0.1) is 0 Å². The zero-order valence-corrected chi connectivity index (χ0v) is 13.7. The number of carbonyl (C=O) groups excluding carboxylic acids is 1. The van der Waals surface area contributed by atoms with Crippen LogP contribution in [0.15, 0.2) is 18.2 Å². The van der Waals surface area contributed by atoms with E-state index < -0.39 is 6.10 Å². The molecule has 0 spiro atoms. The number of aryl methyl sites for hydroxylation is 2. The fourth-order valence-electron chi connectivity index (χ4n) is 2.72. The van der Waals surface area contributed by atoms with Gasteiger partial charge in [0, 0.05) is 5.54 Å². The quantitative estimate of drug-likeness (QED) is 0.919. The molecule has 3 nitrogen and oxygen atoms in total. The fourth-order valence-corrected chi connectivity index (χ4v) is 2.72. The zero-order chi connectivity index (χ0) is 15.5. The van der Waals surface area contributed by atoms with E-state index in [1.807, 2.05) is 33.8 Å². The van der Waals surface area contributed by atoms with E-state index in [4.69, 9.17) is 4.74 Å². The van der Waals surface area contributed by atoms with Crippen molar-refractivity contribution in [3.63, 3.8) is 0 Å². The first-order valence-corrected chi connectivity index (χ1v) is 7.99. The van der Waals surface area contributed by atoms with Gasteiger partial charge >= 0.3 is 0 Å². The van der Waals surface area contributed by atoms with Gasteiger partial charge in [-0.3, -0.25) is 4.79 Å². The van der Waals surface area contributed by atoms with Gasteiger partial charge in [0.1, 0.15) is 5.75 Å². The monoisotopic (exact) mass is 289 g/mol. The molecule has 1 N–H and O–H groups in total. The topological polar surface area (TPSA) is 38.3 Å². The van der Waals surface area contributed by atoms with E-state index in [2.05, 4.69) is 17.4 Å². The van der Waals surface area contributed by atoms with E-state index in [-0.39, 0.29) is 11.4 Å². The SMILES string of the molecule is CCC(Oc1ccc2c(c1)CCCC2)C(=O)NC(C)(C)C. The molecule has 1 atom stereocenters. The van der Waals surface area contributed by atoms with Gasteiger partial charge in [0.15, 0.2) is 6.10 Å². The van der Waals surface area contributed by atoms with Gasteiger partial charge in [0.25, 0.3) is 5.91 Å². The Bertz CT molecular complexity index is 502. The van der Waals surface area contributed by atoms with E-state index in [1.54, 1.807) is 0 Å². The molecule has 116 valence electrons. The zero-order valence-electron chi connectivity index (χ0n) is 13.7. The van der Waals surface area contributed by atoms with Crippen LogP contribution in [0.3, 0.4) is 0 Å². The number of benzene rings is 1. The minimum absolute atomic E-state index is 0.0391. The number of hydrogen-bond acceptors (Lipinski definition) is 2. The molecule has 2 rings (SSSR count). The van der Waals surface area contributed by atoms with Crippen LogP contribution >= 0.6 is 0 Å². The van der Waals surface area contributed by atoms with Crippen LogP contribution < -0.4 is 10.1 Å². The van der Waals surface area contributed by atoms with Crippen molar-refractivity contribution >= 4 is 5.91 Å². The molecule has 0 heterocycles. The Hall–Kier alpha value is -1.51. The minimum atomic E-state index is -0.425. The maximum absolute atomic E-state index is 12.2. The summed E-state index contributed by atoms with van der Waals surface area (Å²) < 4.78 is 5.93. The van der Waals surface area contributed by atoms with Gasteiger partial charge in [-0.25, -0.2) is 0 Å². The highest BCUT2D eigenvalue weighted by Gasteiger charge is 2.23. The van der Waals surface area contributed by atoms with Gasteiger partial charge in [0.2, 0.25) is 0 Å². The van der Waals surface area contributed by atoms with Crippen molar-refractivity contribution in [3.8, 4) is 5.75 Å². The second kappa shape index (κ2) is 6.50. The summed E-state index contributed by atoms with van der Waals surface area (Å²) in [6.45, 7) is 7.93. The Morgan fingerprint density at radius 3 is 2.52 bits per heavy atom. The molecule has 0 saturated carbocycles. The second-order valence-corrected chi connectivity index (χ2v) is 6.89. The molecule has 0 aliphatic heterocycles. The van der Waals surface area contributed by atoms with Crippen LogP contribution in [0, 0.1) is 0 Å². The average molecular weight is 289 g/mol. The van der Waals surface area contributed by atoms with Crippen molar-refractivity contribution in [2.45, 2.75) is 71.4 Å². The first-order chi connectivity index (χ1) is 9.89. The normalized spacial score (nSPS) is 16.0. The Labute approximate surface area is 128 Å². The Balaban J connectivity index is 2.06. The van der Waals surface area contributed by atoms with Crippen LogP contribution in [0.25, 0.3) is 0 Å². The number of amides is 1. The second-order valence-electron chi connectivity index (χ2n) is 6.89. The Morgan fingerprint density at radius 1 is 1.24 bits per heavy atom. The number of fused-ring (bicyclic) bond motifs is 1. The van der Waals surface area contributed by atoms with E-state index in [9.17, 15) is 4.79 Å². The molecule has 1 aliphatic rings. The fraction of sp³-hybridized carbons (Fsp3) is 0.611. The predicted molar refractivity (Wildman–Crippen MR) is 85.7 cm³/mol. The molecular formula is C18H27NO2. The van der Waals surface area contributed by atoms with Crippen LogP contribution in [0.1, 0.15) is 58.1 Å². The molecule has 1 unspecified atom stereocenters. The number of hydrogen-bond donors (Lipinski definition) is 1. The molecule has 0 fully saturated rings. The lowest BCUT2D eigenvalue weighted by Crippen LogP contribution is -2.47. The highest BCUT2D eigenvalue weighted by molar-refractivity contribution is 5.81. The molecule has 1 amide bonds. The molecule has 1 aromatic carbocycles. The molecular weight excluding hydrogens is 262 g/mol. The summed E-state index contributed by atoms with van der Waals surface area (Å²) in [5, 5.41) is 2.99. The lowest BCUT2D eigenvalue weighted by atomic mass is 9.92. The van der Waals surface area contributed by atoms with Crippen LogP contribution in [-0.2, 0) is 17.6 Å². The van der Waals surface area contributed by atoms with Crippen LogP contribution in [-0.4, -0.2) is 17.6 Å². The minimum Gasteiger partial charge on any atom is -0.481 e. The third kappa shape index (κ3) is 4.48. The number of carbonyl (C=O) groups is 1. The summed E-state index contributed by atoms with van der Waals surface area (Å²) in [6, 6.07) is 6.26. The predicted octanol–water partition coefficient (Wildman–Crippen LogP) is 3.64. The van der Waals surface area contributed by atoms with Gasteiger partial charge in [-0.2, -0.15) is 0 Å². The highest BCUT2D eigenvalue weighted by atomic mass is 16.5. The molecule has 0 aromatic heterocycles. The van der Waals surface area contributed by atoms with E-state index in [0.29, 0.717) is 6.42 Å². The van der Waals surface area contributed by atoms with Gasteiger partial charge in [-0.1, -0.05) is 13.0 Å². The lowest BCUT2D eigenvalue weighted by Gasteiger charge is -2.25. The van der Waals surface area contributed by atoms with Gasteiger partial charge in [-0.15, -0.1) is 0 Å². The van der Waals surface area contributed by atoms with Crippen molar-refractivity contribution in [1.82, 2.24) is 5.32 Å². The molecule has 0 radical (unpaired) electrons. The molecule has 0 bridgehead atoms. The third-order valence-corrected chi connectivity index (χ3v) is 3.76. The summed E-state index contributed by atoms with van der Waals surface area (Å²) in [7, 11) is 0. The van der Waals surface area contributed by atoms with E-state index >= 15 is 0 Å². The summed E-state index contributed by atoms with van der Waals surface area (Å²) in [6.07, 6.45) is 5.05. The van der Waals surface area contributed by atoms with Gasteiger partial charge < -0.3 is 10.1 Å². The number of nitrogens with one attached hydrogen (secondary N) is 1. The van der Waals surface area contributed by atoms with Crippen molar-refractivity contribution in [2.24, 2.45) is 0 Å².